The van der Waals surface area contributed by atoms with Crippen molar-refractivity contribution in [1.82, 2.24) is 4.90 Å². The summed E-state index contributed by atoms with van der Waals surface area (Å²) in [5.41, 5.74) is -0.230. The van der Waals surface area contributed by atoms with Gasteiger partial charge >= 0.3 is 0 Å². The van der Waals surface area contributed by atoms with E-state index >= 15 is 0 Å². The van der Waals surface area contributed by atoms with E-state index in [4.69, 9.17) is 5.26 Å². The van der Waals surface area contributed by atoms with Crippen LogP contribution in [0.15, 0.2) is 18.2 Å². The first kappa shape index (κ1) is 12.5. The molecule has 94 valence electrons. The number of nitriles is 1. The second-order valence-electron chi connectivity index (χ2n) is 4.25. The van der Waals surface area contributed by atoms with Crippen LogP contribution in [0.3, 0.4) is 0 Å². The molecule has 0 radical (unpaired) electrons. The monoisotopic (exact) mass is 250 g/mol. The number of amides is 1. The number of carbonyl (C=O) groups excluding carboxylic acids is 1. The second-order valence-corrected chi connectivity index (χ2v) is 4.25. The molecular weight excluding hydrogens is 238 g/mol. The smallest absolute Gasteiger partial charge is 0.228 e. The maximum Gasteiger partial charge on any atom is 0.228 e. The molecule has 1 aromatic carbocycles. The van der Waals surface area contributed by atoms with Gasteiger partial charge in [-0.1, -0.05) is 6.07 Å². The summed E-state index contributed by atoms with van der Waals surface area (Å²) in [6, 6.07) is 5.06. The van der Waals surface area contributed by atoms with Gasteiger partial charge in [-0.15, -0.1) is 0 Å². The highest BCUT2D eigenvalue weighted by molar-refractivity contribution is 5.79. The van der Waals surface area contributed by atoms with Gasteiger partial charge in [0.2, 0.25) is 5.91 Å². The van der Waals surface area contributed by atoms with Gasteiger partial charge in [-0.3, -0.25) is 4.79 Å². The van der Waals surface area contributed by atoms with E-state index in [1.165, 1.54) is 11.0 Å². The Morgan fingerprint density at radius 1 is 1.44 bits per heavy atom. The number of halogens is 2. The summed E-state index contributed by atoms with van der Waals surface area (Å²) in [5.74, 6) is -1.85. The van der Waals surface area contributed by atoms with Crippen LogP contribution in [-0.2, 0) is 11.2 Å². The van der Waals surface area contributed by atoms with Crippen molar-refractivity contribution >= 4 is 5.91 Å². The van der Waals surface area contributed by atoms with E-state index in [-0.39, 0.29) is 12.0 Å². The average Bonchev–Trinajstić information content (AvgIpc) is 2.82. The van der Waals surface area contributed by atoms with E-state index in [1.54, 1.807) is 0 Å². The van der Waals surface area contributed by atoms with E-state index in [0.717, 1.165) is 18.6 Å². The van der Waals surface area contributed by atoms with Crippen molar-refractivity contribution in [3.8, 4) is 6.07 Å². The second kappa shape index (κ2) is 5.13. The number of carbonyl (C=O) groups is 1. The van der Waals surface area contributed by atoms with Crippen LogP contribution in [0.25, 0.3) is 0 Å². The minimum atomic E-state index is -0.726. The Labute approximate surface area is 104 Å². The van der Waals surface area contributed by atoms with Gasteiger partial charge in [0.25, 0.3) is 0 Å². The summed E-state index contributed by atoms with van der Waals surface area (Å²) in [4.78, 5) is 13.3. The van der Waals surface area contributed by atoms with Gasteiger partial charge in [-0.2, -0.15) is 5.26 Å². The van der Waals surface area contributed by atoms with Crippen molar-refractivity contribution in [1.29, 1.82) is 5.26 Å². The Morgan fingerprint density at radius 2 is 2.11 bits per heavy atom. The Morgan fingerprint density at radius 3 is 2.72 bits per heavy atom. The molecule has 18 heavy (non-hydrogen) atoms. The first-order valence-electron chi connectivity index (χ1n) is 5.75. The van der Waals surface area contributed by atoms with Gasteiger partial charge in [-0.05, 0) is 25.0 Å². The largest absolute Gasteiger partial charge is 0.326 e. The summed E-state index contributed by atoms with van der Waals surface area (Å²) in [6.07, 6.45) is 1.04. The first-order chi connectivity index (χ1) is 8.63. The van der Waals surface area contributed by atoms with Crippen LogP contribution in [0.5, 0.6) is 0 Å². The molecule has 1 aliphatic rings. The minimum Gasteiger partial charge on any atom is -0.326 e. The van der Waals surface area contributed by atoms with Crippen molar-refractivity contribution in [2.24, 2.45) is 0 Å². The minimum absolute atomic E-state index is 0.230. The van der Waals surface area contributed by atoms with Gasteiger partial charge in [0.05, 0.1) is 12.5 Å². The normalized spacial score (nSPS) is 18.7. The zero-order valence-corrected chi connectivity index (χ0v) is 9.70. The molecule has 1 amide bonds. The molecule has 1 saturated heterocycles. The van der Waals surface area contributed by atoms with Crippen LogP contribution in [0, 0.1) is 23.0 Å². The van der Waals surface area contributed by atoms with Crippen LogP contribution in [0.2, 0.25) is 0 Å². The third kappa shape index (κ3) is 2.33. The molecule has 1 fully saturated rings. The molecule has 2 rings (SSSR count). The maximum absolute atomic E-state index is 13.4. The average molecular weight is 250 g/mol. The molecule has 0 spiro atoms. The summed E-state index contributed by atoms with van der Waals surface area (Å²) < 4.78 is 26.8. The van der Waals surface area contributed by atoms with E-state index in [2.05, 4.69) is 0 Å². The zero-order valence-electron chi connectivity index (χ0n) is 9.70. The Hall–Kier alpha value is -1.96. The molecule has 1 aromatic rings. The lowest BCUT2D eigenvalue weighted by atomic mass is 10.1. The molecule has 0 aliphatic carbocycles. The van der Waals surface area contributed by atoms with Gasteiger partial charge in [0, 0.05) is 12.1 Å². The predicted molar refractivity (Wildman–Crippen MR) is 60.4 cm³/mol. The van der Waals surface area contributed by atoms with Gasteiger partial charge in [-0.25, -0.2) is 8.78 Å². The number of nitrogens with zero attached hydrogens (tertiary/aromatic N) is 2. The molecule has 3 nitrogen and oxygen atoms in total. The summed E-state index contributed by atoms with van der Waals surface area (Å²) in [5, 5.41) is 8.87. The van der Waals surface area contributed by atoms with E-state index in [9.17, 15) is 13.6 Å². The Kier molecular flexibility index (Phi) is 3.56. The summed E-state index contributed by atoms with van der Waals surface area (Å²) in [6.45, 7) is 0.479. The molecule has 0 saturated carbocycles. The topological polar surface area (TPSA) is 44.1 Å². The molecule has 1 atom stereocenters. The van der Waals surface area contributed by atoms with Crippen molar-refractivity contribution in [3.05, 3.63) is 35.4 Å². The fourth-order valence-corrected chi connectivity index (χ4v) is 2.15. The van der Waals surface area contributed by atoms with Crippen LogP contribution in [0.4, 0.5) is 8.78 Å². The van der Waals surface area contributed by atoms with Gasteiger partial charge in [0.1, 0.15) is 17.7 Å². The van der Waals surface area contributed by atoms with Crippen LogP contribution in [-0.4, -0.2) is 23.4 Å². The SMILES string of the molecule is N#CC1CCCN1C(=O)Cc1c(F)cccc1F. The first-order valence-corrected chi connectivity index (χ1v) is 5.75. The van der Waals surface area contributed by atoms with Crippen molar-refractivity contribution in [2.75, 3.05) is 6.54 Å². The molecular formula is C13H12F2N2O. The molecule has 1 aliphatic heterocycles. The lowest BCUT2D eigenvalue weighted by Crippen LogP contribution is -2.36. The maximum atomic E-state index is 13.4. The highest BCUT2D eigenvalue weighted by Gasteiger charge is 2.29. The van der Waals surface area contributed by atoms with E-state index in [1.807, 2.05) is 6.07 Å². The predicted octanol–water partition coefficient (Wildman–Crippen LogP) is 2.02. The summed E-state index contributed by atoms with van der Waals surface area (Å²) in [7, 11) is 0. The van der Waals surface area contributed by atoms with E-state index in [0.29, 0.717) is 13.0 Å². The highest BCUT2D eigenvalue weighted by atomic mass is 19.1. The Balaban J connectivity index is 2.15. The number of hydrogen-bond acceptors (Lipinski definition) is 2. The lowest BCUT2D eigenvalue weighted by molar-refractivity contribution is -0.130. The van der Waals surface area contributed by atoms with Crippen molar-refractivity contribution in [2.45, 2.75) is 25.3 Å². The van der Waals surface area contributed by atoms with Crippen LogP contribution < -0.4 is 0 Å². The number of rotatable bonds is 2. The van der Waals surface area contributed by atoms with Crippen LogP contribution >= 0.6 is 0 Å². The van der Waals surface area contributed by atoms with Crippen molar-refractivity contribution < 1.29 is 13.6 Å². The zero-order chi connectivity index (χ0) is 13.1. The molecule has 0 bridgehead atoms. The highest BCUT2D eigenvalue weighted by Crippen LogP contribution is 2.20. The van der Waals surface area contributed by atoms with Crippen LogP contribution in [0.1, 0.15) is 18.4 Å². The fraction of sp³-hybridized carbons (Fsp3) is 0.385. The quantitative estimate of drug-likeness (QED) is 0.806. The standard InChI is InChI=1S/C13H12F2N2O/c14-11-4-1-5-12(15)10(11)7-13(18)17-6-2-3-9(17)8-16/h1,4-5,9H,2-3,6-7H2. The van der Waals surface area contributed by atoms with Crippen molar-refractivity contribution in [3.63, 3.8) is 0 Å². The molecule has 0 aromatic heterocycles. The number of likely N-dealkylation sites (tertiary alicyclic amines) is 1. The molecule has 1 unspecified atom stereocenters. The van der Waals surface area contributed by atoms with E-state index < -0.39 is 23.6 Å². The molecule has 5 heteroatoms. The lowest BCUT2D eigenvalue weighted by Gasteiger charge is -2.19. The van der Waals surface area contributed by atoms with Gasteiger partial charge < -0.3 is 4.90 Å². The summed E-state index contributed by atoms with van der Waals surface area (Å²) >= 11 is 0. The third-order valence-corrected chi connectivity index (χ3v) is 3.11. The Bertz CT molecular complexity index is 490. The fourth-order valence-electron chi connectivity index (χ4n) is 2.15. The number of hydrogen-bond donors (Lipinski definition) is 0. The van der Waals surface area contributed by atoms with Gasteiger partial charge in [0.15, 0.2) is 0 Å². The number of benzene rings is 1. The molecule has 1 heterocycles. The molecule has 0 N–H and O–H groups in total. The third-order valence-electron chi connectivity index (χ3n) is 3.11.